The third kappa shape index (κ3) is 4.80. The molecular formula is C20H26N2S. The Morgan fingerprint density at radius 2 is 1.48 bits per heavy atom. The van der Waals surface area contributed by atoms with E-state index in [4.69, 9.17) is 12.2 Å². The zero-order chi connectivity index (χ0) is 17.0. The van der Waals surface area contributed by atoms with Gasteiger partial charge in [0.25, 0.3) is 0 Å². The van der Waals surface area contributed by atoms with E-state index in [0.29, 0.717) is 11.0 Å². The van der Waals surface area contributed by atoms with Crippen molar-refractivity contribution >= 4 is 23.0 Å². The highest BCUT2D eigenvalue weighted by Gasteiger charge is 2.08. The van der Waals surface area contributed by atoms with E-state index in [9.17, 15) is 0 Å². The second-order valence-electron chi connectivity index (χ2n) is 6.44. The molecule has 0 aliphatic carbocycles. The van der Waals surface area contributed by atoms with Crippen LogP contribution in [0.3, 0.4) is 0 Å². The smallest absolute Gasteiger partial charge is 0.171 e. The van der Waals surface area contributed by atoms with E-state index in [0.717, 1.165) is 5.69 Å². The molecule has 0 bridgehead atoms. The van der Waals surface area contributed by atoms with Gasteiger partial charge in [0, 0.05) is 5.69 Å². The summed E-state index contributed by atoms with van der Waals surface area (Å²) in [4.78, 5) is 0. The zero-order valence-electron chi connectivity index (χ0n) is 14.6. The number of thiocarbonyl (C=S) groups is 1. The second kappa shape index (κ2) is 7.60. The Balaban J connectivity index is 1.97. The number of hydrogen-bond donors (Lipinski definition) is 2. The molecule has 0 saturated heterocycles. The maximum absolute atomic E-state index is 5.43. The van der Waals surface area contributed by atoms with E-state index >= 15 is 0 Å². The molecule has 0 unspecified atom stereocenters. The molecule has 3 heteroatoms. The van der Waals surface area contributed by atoms with Crippen LogP contribution in [0.4, 0.5) is 5.69 Å². The minimum Gasteiger partial charge on any atom is -0.356 e. The molecule has 1 atom stereocenters. The first kappa shape index (κ1) is 17.5. The largest absolute Gasteiger partial charge is 0.356 e. The van der Waals surface area contributed by atoms with Crippen LogP contribution < -0.4 is 10.6 Å². The number of benzene rings is 2. The average Bonchev–Trinajstić information content (AvgIpc) is 2.50. The van der Waals surface area contributed by atoms with Gasteiger partial charge in [-0.1, -0.05) is 44.2 Å². The average molecular weight is 327 g/mol. The summed E-state index contributed by atoms with van der Waals surface area (Å²) in [5.41, 5.74) is 6.20. The van der Waals surface area contributed by atoms with Crippen LogP contribution in [-0.2, 0) is 0 Å². The molecule has 0 amide bonds. The van der Waals surface area contributed by atoms with Crippen molar-refractivity contribution in [1.29, 1.82) is 0 Å². The van der Waals surface area contributed by atoms with Crippen molar-refractivity contribution in [2.45, 2.75) is 46.6 Å². The molecule has 23 heavy (non-hydrogen) atoms. The number of anilines is 1. The highest BCUT2D eigenvalue weighted by Crippen LogP contribution is 2.19. The summed E-state index contributed by atoms with van der Waals surface area (Å²) >= 11 is 5.43. The Kier molecular flexibility index (Phi) is 5.78. The van der Waals surface area contributed by atoms with E-state index in [1.807, 2.05) is 0 Å². The van der Waals surface area contributed by atoms with E-state index < -0.39 is 0 Å². The zero-order valence-corrected chi connectivity index (χ0v) is 15.4. The molecule has 2 aromatic rings. The van der Waals surface area contributed by atoms with Crippen LogP contribution >= 0.6 is 12.2 Å². The topological polar surface area (TPSA) is 24.1 Å². The molecule has 0 spiro atoms. The summed E-state index contributed by atoms with van der Waals surface area (Å²) in [5.74, 6) is 0.541. The Hall–Kier alpha value is -1.87. The Labute approximate surface area is 145 Å². The van der Waals surface area contributed by atoms with Crippen LogP contribution in [0.2, 0.25) is 0 Å². The summed E-state index contributed by atoms with van der Waals surface area (Å²) in [6.45, 7) is 10.8. The SMILES string of the molecule is Cc1ccc([C@H](C)NC(=S)Nc2ccc(C(C)C)cc2)cc1C. The third-order valence-corrected chi connectivity index (χ3v) is 4.43. The second-order valence-corrected chi connectivity index (χ2v) is 6.85. The van der Waals surface area contributed by atoms with Gasteiger partial charge in [-0.05, 0) is 73.3 Å². The molecule has 0 fully saturated rings. The highest BCUT2D eigenvalue weighted by molar-refractivity contribution is 7.80. The summed E-state index contributed by atoms with van der Waals surface area (Å²) in [5, 5.41) is 7.25. The first-order valence-electron chi connectivity index (χ1n) is 8.11. The maximum atomic E-state index is 5.43. The molecule has 2 aromatic carbocycles. The van der Waals surface area contributed by atoms with E-state index in [2.05, 4.69) is 87.7 Å². The highest BCUT2D eigenvalue weighted by atomic mass is 32.1. The van der Waals surface area contributed by atoms with Crippen LogP contribution in [0.5, 0.6) is 0 Å². The molecule has 2 N–H and O–H groups in total. The van der Waals surface area contributed by atoms with Crippen molar-refractivity contribution < 1.29 is 0 Å². The molecule has 122 valence electrons. The van der Waals surface area contributed by atoms with E-state index in [1.54, 1.807) is 0 Å². The Bertz CT molecular complexity index is 675. The van der Waals surface area contributed by atoms with Crippen LogP contribution in [-0.4, -0.2) is 5.11 Å². The monoisotopic (exact) mass is 326 g/mol. The fourth-order valence-corrected chi connectivity index (χ4v) is 2.73. The molecule has 0 heterocycles. The van der Waals surface area contributed by atoms with E-state index in [-0.39, 0.29) is 6.04 Å². The van der Waals surface area contributed by atoms with Crippen LogP contribution in [0.1, 0.15) is 55.0 Å². The summed E-state index contributed by atoms with van der Waals surface area (Å²) in [6.07, 6.45) is 0. The lowest BCUT2D eigenvalue weighted by Crippen LogP contribution is -2.30. The normalized spacial score (nSPS) is 12.1. The van der Waals surface area contributed by atoms with Gasteiger partial charge in [0.05, 0.1) is 6.04 Å². The molecule has 2 nitrogen and oxygen atoms in total. The Morgan fingerprint density at radius 1 is 0.870 bits per heavy atom. The molecular weight excluding hydrogens is 300 g/mol. The van der Waals surface area contributed by atoms with Crippen LogP contribution in [0, 0.1) is 13.8 Å². The molecule has 0 saturated carbocycles. The maximum Gasteiger partial charge on any atom is 0.171 e. The van der Waals surface area contributed by atoms with Gasteiger partial charge in [-0.2, -0.15) is 0 Å². The van der Waals surface area contributed by atoms with Gasteiger partial charge in [-0.3, -0.25) is 0 Å². The molecule has 2 rings (SSSR count). The quantitative estimate of drug-likeness (QED) is 0.728. The molecule has 0 aromatic heterocycles. The van der Waals surface area contributed by atoms with E-state index in [1.165, 1.54) is 22.3 Å². The lowest BCUT2D eigenvalue weighted by atomic mass is 10.0. The van der Waals surface area contributed by atoms with Crippen molar-refractivity contribution in [3.63, 3.8) is 0 Å². The molecule has 0 radical (unpaired) electrons. The third-order valence-electron chi connectivity index (χ3n) is 4.21. The van der Waals surface area contributed by atoms with Gasteiger partial charge in [-0.25, -0.2) is 0 Å². The first-order valence-corrected chi connectivity index (χ1v) is 8.52. The van der Waals surface area contributed by atoms with Gasteiger partial charge in [-0.15, -0.1) is 0 Å². The number of aryl methyl sites for hydroxylation is 2. The summed E-state index contributed by atoms with van der Waals surface area (Å²) in [7, 11) is 0. The summed E-state index contributed by atoms with van der Waals surface area (Å²) < 4.78 is 0. The van der Waals surface area contributed by atoms with Gasteiger partial charge in [0.2, 0.25) is 0 Å². The van der Waals surface area contributed by atoms with Crippen molar-refractivity contribution in [2.75, 3.05) is 5.32 Å². The van der Waals surface area contributed by atoms with Gasteiger partial charge in [0.15, 0.2) is 5.11 Å². The fraction of sp³-hybridized carbons (Fsp3) is 0.350. The Morgan fingerprint density at radius 3 is 2.04 bits per heavy atom. The molecule has 0 aliphatic rings. The standard InChI is InChI=1S/C20H26N2S/c1-13(2)17-8-10-19(11-9-17)22-20(23)21-16(5)18-7-6-14(3)15(4)12-18/h6-13,16H,1-5H3,(H2,21,22,23)/t16-/m0/s1. The lowest BCUT2D eigenvalue weighted by molar-refractivity contribution is 0.721. The van der Waals surface area contributed by atoms with Crippen LogP contribution in [0.25, 0.3) is 0 Å². The number of nitrogens with one attached hydrogen (secondary N) is 2. The number of hydrogen-bond acceptors (Lipinski definition) is 1. The van der Waals surface area contributed by atoms with Crippen molar-refractivity contribution in [3.8, 4) is 0 Å². The van der Waals surface area contributed by atoms with Gasteiger partial charge >= 0.3 is 0 Å². The lowest BCUT2D eigenvalue weighted by Gasteiger charge is -2.18. The van der Waals surface area contributed by atoms with Gasteiger partial charge in [0.1, 0.15) is 0 Å². The predicted molar refractivity (Wildman–Crippen MR) is 104 cm³/mol. The van der Waals surface area contributed by atoms with Crippen molar-refractivity contribution in [3.05, 3.63) is 64.7 Å². The van der Waals surface area contributed by atoms with Crippen molar-refractivity contribution in [2.24, 2.45) is 0 Å². The number of rotatable bonds is 4. The minimum absolute atomic E-state index is 0.171. The minimum atomic E-state index is 0.171. The summed E-state index contributed by atoms with van der Waals surface area (Å²) in [6, 6.07) is 15.1. The first-order chi connectivity index (χ1) is 10.9. The van der Waals surface area contributed by atoms with Crippen LogP contribution in [0.15, 0.2) is 42.5 Å². The fourth-order valence-electron chi connectivity index (χ4n) is 2.43. The molecule has 0 aliphatic heterocycles. The van der Waals surface area contributed by atoms with Crippen molar-refractivity contribution in [1.82, 2.24) is 5.32 Å². The van der Waals surface area contributed by atoms with Gasteiger partial charge < -0.3 is 10.6 Å². The predicted octanol–water partition coefficient (Wildman–Crippen LogP) is 5.47.